The highest BCUT2D eigenvalue weighted by Gasteiger charge is 2.31. The molecule has 0 heterocycles. The van der Waals surface area contributed by atoms with Crippen LogP contribution < -0.4 is 5.32 Å². The van der Waals surface area contributed by atoms with E-state index in [0.29, 0.717) is 5.92 Å². The Balaban J connectivity index is 4.29. The van der Waals surface area contributed by atoms with E-state index in [4.69, 9.17) is 39.9 Å². The molecule has 0 aromatic heterocycles. The van der Waals surface area contributed by atoms with Gasteiger partial charge in [-0.15, -0.1) is 0 Å². The predicted molar refractivity (Wildman–Crippen MR) is 63.3 cm³/mol. The topological polar surface area (TPSA) is 49.3 Å². The first-order valence-corrected chi connectivity index (χ1v) is 5.57. The largest absolute Gasteiger partial charge is 0.394 e. The summed E-state index contributed by atoms with van der Waals surface area (Å²) in [4.78, 5) is 11.2. The summed E-state index contributed by atoms with van der Waals surface area (Å²) in [5.74, 6) is -0.427. The predicted octanol–water partition coefficient (Wildman–Crippen LogP) is 2.05. The van der Waals surface area contributed by atoms with Gasteiger partial charge in [0.15, 0.2) is 0 Å². The fourth-order valence-electron chi connectivity index (χ4n) is 0.761. The molecule has 0 spiro atoms. The van der Waals surface area contributed by atoms with Gasteiger partial charge in [-0.1, -0.05) is 60.8 Å². The van der Waals surface area contributed by atoms with Gasteiger partial charge in [-0.2, -0.15) is 0 Å². The molecule has 15 heavy (non-hydrogen) atoms. The third-order valence-electron chi connectivity index (χ3n) is 1.50. The molecule has 0 aromatic carbocycles. The molecule has 0 saturated carbocycles. The van der Waals surface area contributed by atoms with E-state index < -0.39 is 15.7 Å². The molecule has 88 valence electrons. The highest BCUT2D eigenvalue weighted by molar-refractivity contribution is 6.76. The van der Waals surface area contributed by atoms with Crippen molar-refractivity contribution in [1.82, 2.24) is 5.32 Å². The zero-order valence-electron chi connectivity index (χ0n) is 8.51. The van der Waals surface area contributed by atoms with Crippen LogP contribution in [0.25, 0.3) is 0 Å². The summed E-state index contributed by atoms with van der Waals surface area (Å²) in [6.07, 6.45) is 3.51. The van der Waals surface area contributed by atoms with E-state index in [1.54, 1.807) is 6.08 Å². The summed E-state index contributed by atoms with van der Waals surface area (Å²) in [6.45, 7) is 3.71. The normalized spacial score (nSPS) is 14.6. The standard InChI is InChI=1S/C9H14Cl3NO2/c1-6(2)3-4-7(5-14)13-8(15)9(10,11)12/h3-4,6-7,14H,5H2,1-2H3,(H,13,15)/b4-3+/t7-/m1/s1. The number of rotatable bonds is 4. The van der Waals surface area contributed by atoms with Gasteiger partial charge in [-0.25, -0.2) is 0 Å². The van der Waals surface area contributed by atoms with Gasteiger partial charge in [-0.05, 0) is 5.92 Å². The lowest BCUT2D eigenvalue weighted by Gasteiger charge is -2.16. The maximum Gasteiger partial charge on any atom is 0.272 e. The van der Waals surface area contributed by atoms with Crippen molar-refractivity contribution in [2.24, 2.45) is 5.92 Å². The fraction of sp³-hybridized carbons (Fsp3) is 0.667. The molecule has 0 aromatic rings. The smallest absolute Gasteiger partial charge is 0.272 e. The number of alkyl halides is 3. The Morgan fingerprint density at radius 3 is 2.27 bits per heavy atom. The van der Waals surface area contributed by atoms with Gasteiger partial charge in [0, 0.05) is 0 Å². The van der Waals surface area contributed by atoms with Crippen molar-refractivity contribution in [3.8, 4) is 0 Å². The molecule has 0 radical (unpaired) electrons. The van der Waals surface area contributed by atoms with Crippen molar-refractivity contribution < 1.29 is 9.90 Å². The molecule has 0 rings (SSSR count). The molecule has 0 unspecified atom stereocenters. The number of carbonyl (C=O) groups excluding carboxylic acids is 1. The lowest BCUT2D eigenvalue weighted by atomic mass is 10.1. The van der Waals surface area contributed by atoms with Crippen LogP contribution >= 0.6 is 34.8 Å². The number of nitrogens with one attached hydrogen (secondary N) is 1. The Labute approximate surface area is 104 Å². The Kier molecular flexibility index (Phi) is 6.60. The average Bonchev–Trinajstić information content (AvgIpc) is 2.09. The SMILES string of the molecule is CC(C)/C=C/[C@H](CO)NC(=O)C(Cl)(Cl)Cl. The maximum absolute atomic E-state index is 11.2. The Hall–Kier alpha value is 0.0400. The molecule has 0 saturated heterocycles. The van der Waals surface area contributed by atoms with E-state index in [-0.39, 0.29) is 6.61 Å². The van der Waals surface area contributed by atoms with Crippen LogP contribution in [0.4, 0.5) is 0 Å². The van der Waals surface area contributed by atoms with Crippen LogP contribution in [-0.4, -0.2) is 27.5 Å². The first-order valence-electron chi connectivity index (χ1n) is 4.44. The molecular weight excluding hydrogens is 260 g/mol. The minimum absolute atomic E-state index is 0.240. The van der Waals surface area contributed by atoms with Crippen LogP contribution in [0.15, 0.2) is 12.2 Å². The molecule has 0 fully saturated rings. The molecule has 1 amide bonds. The second kappa shape index (κ2) is 6.59. The monoisotopic (exact) mass is 273 g/mol. The minimum atomic E-state index is -2.00. The molecule has 2 N–H and O–H groups in total. The summed E-state index contributed by atoms with van der Waals surface area (Å²) in [5.41, 5.74) is 0. The van der Waals surface area contributed by atoms with Gasteiger partial charge in [0.1, 0.15) is 0 Å². The van der Waals surface area contributed by atoms with Gasteiger partial charge < -0.3 is 10.4 Å². The zero-order valence-corrected chi connectivity index (χ0v) is 10.8. The molecule has 0 aliphatic rings. The lowest BCUT2D eigenvalue weighted by Crippen LogP contribution is -2.42. The number of aliphatic hydroxyl groups is 1. The Morgan fingerprint density at radius 2 is 1.93 bits per heavy atom. The van der Waals surface area contributed by atoms with Crippen molar-refractivity contribution >= 4 is 40.7 Å². The highest BCUT2D eigenvalue weighted by Crippen LogP contribution is 2.25. The number of hydrogen-bond donors (Lipinski definition) is 2. The minimum Gasteiger partial charge on any atom is -0.394 e. The molecule has 0 aliphatic heterocycles. The van der Waals surface area contributed by atoms with Gasteiger partial charge >= 0.3 is 0 Å². The average molecular weight is 275 g/mol. The first kappa shape index (κ1) is 15.0. The number of carbonyl (C=O) groups is 1. The first-order chi connectivity index (χ1) is 6.77. The van der Waals surface area contributed by atoms with Crippen LogP contribution in [0.2, 0.25) is 0 Å². The van der Waals surface area contributed by atoms with Crippen molar-refractivity contribution in [2.45, 2.75) is 23.7 Å². The van der Waals surface area contributed by atoms with Gasteiger partial charge in [-0.3, -0.25) is 4.79 Å². The van der Waals surface area contributed by atoms with Crippen LogP contribution in [0.5, 0.6) is 0 Å². The molecular formula is C9H14Cl3NO2. The summed E-state index contributed by atoms with van der Waals surface area (Å²) < 4.78 is -2.00. The van der Waals surface area contributed by atoms with Crippen molar-refractivity contribution in [2.75, 3.05) is 6.61 Å². The molecule has 0 bridgehead atoms. The lowest BCUT2D eigenvalue weighted by molar-refractivity contribution is -0.120. The number of halogens is 3. The van der Waals surface area contributed by atoms with E-state index >= 15 is 0 Å². The van der Waals surface area contributed by atoms with Crippen molar-refractivity contribution in [3.63, 3.8) is 0 Å². The molecule has 3 nitrogen and oxygen atoms in total. The van der Waals surface area contributed by atoms with Gasteiger partial charge in [0.05, 0.1) is 12.6 Å². The van der Waals surface area contributed by atoms with E-state index in [1.165, 1.54) is 0 Å². The number of hydrogen-bond acceptors (Lipinski definition) is 2. The zero-order chi connectivity index (χ0) is 12.1. The molecule has 6 heteroatoms. The third kappa shape index (κ3) is 7.01. The molecule has 0 aliphatic carbocycles. The van der Waals surface area contributed by atoms with Crippen LogP contribution in [-0.2, 0) is 4.79 Å². The summed E-state index contributed by atoms with van der Waals surface area (Å²) in [6, 6.07) is -0.532. The second-order valence-corrected chi connectivity index (χ2v) is 5.67. The molecule has 1 atom stereocenters. The van der Waals surface area contributed by atoms with Gasteiger partial charge in [0.25, 0.3) is 9.70 Å². The summed E-state index contributed by atoms with van der Waals surface area (Å²) >= 11 is 16.1. The highest BCUT2D eigenvalue weighted by atomic mass is 35.6. The quantitative estimate of drug-likeness (QED) is 0.609. The second-order valence-electron chi connectivity index (χ2n) is 3.39. The van der Waals surface area contributed by atoms with Crippen molar-refractivity contribution in [1.29, 1.82) is 0 Å². The van der Waals surface area contributed by atoms with Crippen LogP contribution in [0, 0.1) is 5.92 Å². The van der Waals surface area contributed by atoms with E-state index in [1.807, 2.05) is 19.9 Å². The van der Waals surface area contributed by atoms with Crippen LogP contribution in [0.1, 0.15) is 13.8 Å². The third-order valence-corrected chi connectivity index (χ3v) is 2.01. The fourth-order valence-corrected chi connectivity index (χ4v) is 0.925. The van der Waals surface area contributed by atoms with Crippen molar-refractivity contribution in [3.05, 3.63) is 12.2 Å². The van der Waals surface area contributed by atoms with E-state index in [0.717, 1.165) is 0 Å². The van der Waals surface area contributed by atoms with E-state index in [9.17, 15) is 4.79 Å². The maximum atomic E-state index is 11.2. The Morgan fingerprint density at radius 1 is 1.40 bits per heavy atom. The number of aliphatic hydroxyl groups excluding tert-OH is 1. The van der Waals surface area contributed by atoms with E-state index in [2.05, 4.69) is 5.32 Å². The number of amides is 1. The Bertz CT molecular complexity index is 236. The van der Waals surface area contributed by atoms with Gasteiger partial charge in [0.2, 0.25) is 0 Å². The summed E-state index contributed by atoms with van der Waals surface area (Å²) in [5, 5.41) is 11.3. The number of allylic oxidation sites excluding steroid dienone is 1. The van der Waals surface area contributed by atoms with Crippen LogP contribution in [0.3, 0.4) is 0 Å². The summed E-state index contributed by atoms with van der Waals surface area (Å²) in [7, 11) is 0.